The molecule has 1 aliphatic carbocycles. The molecule has 1 aliphatic rings. The summed E-state index contributed by atoms with van der Waals surface area (Å²) < 4.78 is 26.4. The molecule has 0 spiro atoms. The van der Waals surface area contributed by atoms with E-state index in [2.05, 4.69) is 17.0 Å². The minimum atomic E-state index is -3.50. The van der Waals surface area contributed by atoms with Crippen LogP contribution in [-0.2, 0) is 10.0 Å². The van der Waals surface area contributed by atoms with Gasteiger partial charge in [-0.15, -0.1) is 0 Å². The first-order chi connectivity index (χ1) is 8.94. The van der Waals surface area contributed by atoms with Crippen LogP contribution in [0.2, 0.25) is 0 Å². The zero-order valence-corrected chi connectivity index (χ0v) is 12.1. The van der Waals surface area contributed by atoms with Gasteiger partial charge in [0.1, 0.15) is 4.90 Å². The summed E-state index contributed by atoms with van der Waals surface area (Å²) in [5.41, 5.74) is 6.76. The third-order valence-electron chi connectivity index (χ3n) is 3.77. The minimum absolute atomic E-state index is 0.217. The Kier molecular flexibility index (Phi) is 4.01. The van der Waals surface area contributed by atoms with Crippen molar-refractivity contribution in [2.45, 2.75) is 37.1 Å². The summed E-state index contributed by atoms with van der Waals surface area (Å²) in [6.07, 6.45) is 3.44. The van der Waals surface area contributed by atoms with Crippen LogP contribution in [0, 0.1) is 5.92 Å². The Morgan fingerprint density at radius 1 is 1.32 bits per heavy atom. The third-order valence-corrected chi connectivity index (χ3v) is 5.22. The topological polar surface area (TPSA) is 84.2 Å². The van der Waals surface area contributed by atoms with E-state index in [0.717, 1.165) is 6.42 Å². The summed E-state index contributed by atoms with van der Waals surface area (Å²) in [7, 11) is -2.10. The maximum atomic E-state index is 12.0. The summed E-state index contributed by atoms with van der Waals surface area (Å²) in [6, 6.07) is 5.28. The van der Waals surface area contributed by atoms with Gasteiger partial charge in [-0.25, -0.2) is 13.1 Å². The molecule has 2 atom stereocenters. The van der Waals surface area contributed by atoms with E-state index >= 15 is 0 Å². The van der Waals surface area contributed by atoms with Gasteiger partial charge in [-0.1, -0.05) is 13.3 Å². The van der Waals surface area contributed by atoms with Gasteiger partial charge in [-0.05, 0) is 44.0 Å². The van der Waals surface area contributed by atoms with Crippen molar-refractivity contribution in [1.82, 2.24) is 4.72 Å². The van der Waals surface area contributed by atoms with Gasteiger partial charge in [0.2, 0.25) is 10.0 Å². The molecule has 0 aliphatic heterocycles. The van der Waals surface area contributed by atoms with Crippen LogP contribution >= 0.6 is 0 Å². The van der Waals surface area contributed by atoms with Crippen molar-refractivity contribution in [3.63, 3.8) is 0 Å². The Bertz CT molecular complexity index is 557. The first kappa shape index (κ1) is 14.1. The van der Waals surface area contributed by atoms with Crippen LogP contribution < -0.4 is 15.8 Å². The SMILES string of the molecule is CNS(=O)(=O)c1cc(N)ccc1NC1CCCC1C. The molecule has 19 heavy (non-hydrogen) atoms. The molecule has 1 saturated carbocycles. The van der Waals surface area contributed by atoms with E-state index in [0.29, 0.717) is 23.3 Å². The monoisotopic (exact) mass is 283 g/mol. The lowest BCUT2D eigenvalue weighted by Gasteiger charge is -2.21. The maximum Gasteiger partial charge on any atom is 0.242 e. The summed E-state index contributed by atoms with van der Waals surface area (Å²) in [5, 5.41) is 3.35. The fourth-order valence-corrected chi connectivity index (χ4v) is 3.48. The molecule has 6 heteroatoms. The van der Waals surface area contributed by atoms with Gasteiger partial charge < -0.3 is 11.1 Å². The lowest BCUT2D eigenvalue weighted by molar-refractivity contribution is 0.554. The molecule has 5 nitrogen and oxygen atoms in total. The van der Waals surface area contributed by atoms with Crippen molar-refractivity contribution in [3.8, 4) is 0 Å². The van der Waals surface area contributed by atoms with Gasteiger partial charge in [0.15, 0.2) is 0 Å². The lowest BCUT2D eigenvalue weighted by Crippen LogP contribution is -2.25. The molecule has 106 valence electrons. The predicted molar refractivity (Wildman–Crippen MR) is 77.5 cm³/mol. The Morgan fingerprint density at radius 3 is 2.63 bits per heavy atom. The number of nitrogens with one attached hydrogen (secondary N) is 2. The summed E-state index contributed by atoms with van der Waals surface area (Å²) in [6.45, 7) is 2.19. The molecule has 0 amide bonds. The van der Waals surface area contributed by atoms with Gasteiger partial charge in [-0.3, -0.25) is 0 Å². The number of anilines is 2. The van der Waals surface area contributed by atoms with Gasteiger partial charge in [0.05, 0.1) is 5.69 Å². The number of nitrogen functional groups attached to an aromatic ring is 1. The molecule has 0 heterocycles. The van der Waals surface area contributed by atoms with E-state index in [9.17, 15) is 8.42 Å². The zero-order chi connectivity index (χ0) is 14.0. The average Bonchev–Trinajstić information content (AvgIpc) is 2.77. The largest absolute Gasteiger partial charge is 0.399 e. The van der Waals surface area contributed by atoms with Crippen molar-refractivity contribution < 1.29 is 8.42 Å². The number of hydrogen-bond donors (Lipinski definition) is 3. The molecule has 4 N–H and O–H groups in total. The number of benzene rings is 1. The molecule has 0 bridgehead atoms. The van der Waals surface area contributed by atoms with Crippen molar-refractivity contribution in [1.29, 1.82) is 0 Å². The fourth-order valence-electron chi connectivity index (χ4n) is 2.55. The standard InChI is InChI=1S/C13H21N3O2S/c1-9-4-3-5-11(9)16-12-7-6-10(14)8-13(12)19(17,18)15-2/h6-9,11,15-16H,3-5,14H2,1-2H3. The van der Waals surface area contributed by atoms with Crippen LogP contribution in [0.3, 0.4) is 0 Å². The minimum Gasteiger partial charge on any atom is -0.399 e. The Hall–Kier alpha value is -1.27. The smallest absolute Gasteiger partial charge is 0.242 e. The van der Waals surface area contributed by atoms with E-state index < -0.39 is 10.0 Å². The lowest BCUT2D eigenvalue weighted by atomic mass is 10.1. The predicted octanol–water partition coefficient (Wildman–Crippen LogP) is 1.78. The molecule has 0 aromatic heterocycles. The molecule has 1 aromatic rings. The molecular weight excluding hydrogens is 262 g/mol. The normalized spacial score (nSPS) is 23.5. The van der Waals surface area contributed by atoms with Crippen LogP contribution in [0.5, 0.6) is 0 Å². The maximum absolute atomic E-state index is 12.0. The number of nitrogens with two attached hydrogens (primary N) is 1. The average molecular weight is 283 g/mol. The zero-order valence-electron chi connectivity index (χ0n) is 11.3. The van der Waals surface area contributed by atoms with Crippen molar-refractivity contribution >= 4 is 21.4 Å². The molecule has 2 rings (SSSR count). The summed E-state index contributed by atoms with van der Waals surface area (Å²) >= 11 is 0. The van der Waals surface area contributed by atoms with Crippen LogP contribution in [0.25, 0.3) is 0 Å². The second-order valence-electron chi connectivity index (χ2n) is 5.12. The molecular formula is C13H21N3O2S. The van der Waals surface area contributed by atoms with Crippen LogP contribution in [0.4, 0.5) is 11.4 Å². The van der Waals surface area contributed by atoms with Gasteiger partial charge in [0.25, 0.3) is 0 Å². The van der Waals surface area contributed by atoms with Gasteiger partial charge >= 0.3 is 0 Å². The highest BCUT2D eigenvalue weighted by Gasteiger charge is 2.25. The van der Waals surface area contributed by atoms with Crippen molar-refractivity contribution in [2.75, 3.05) is 18.1 Å². The Morgan fingerprint density at radius 2 is 2.05 bits per heavy atom. The Balaban J connectivity index is 2.35. The van der Waals surface area contributed by atoms with Gasteiger partial charge in [-0.2, -0.15) is 0 Å². The highest BCUT2D eigenvalue weighted by Crippen LogP contribution is 2.31. The fraction of sp³-hybridized carbons (Fsp3) is 0.538. The second-order valence-corrected chi connectivity index (χ2v) is 6.98. The van der Waals surface area contributed by atoms with E-state index in [4.69, 9.17) is 5.73 Å². The second kappa shape index (κ2) is 5.38. The first-order valence-corrected chi connectivity index (χ1v) is 8.02. The number of rotatable bonds is 4. The van der Waals surface area contributed by atoms with Crippen molar-refractivity contribution in [2.24, 2.45) is 5.92 Å². The van der Waals surface area contributed by atoms with Crippen LogP contribution in [0.15, 0.2) is 23.1 Å². The van der Waals surface area contributed by atoms with Crippen LogP contribution in [-0.4, -0.2) is 21.5 Å². The van der Waals surface area contributed by atoms with E-state index in [-0.39, 0.29) is 4.90 Å². The number of hydrogen-bond acceptors (Lipinski definition) is 4. The molecule has 1 fully saturated rings. The molecule has 2 unspecified atom stereocenters. The quantitative estimate of drug-likeness (QED) is 0.735. The summed E-state index contributed by atoms with van der Waals surface area (Å²) in [4.78, 5) is 0.217. The van der Waals surface area contributed by atoms with Gasteiger partial charge in [0, 0.05) is 11.7 Å². The Labute approximate surface area is 114 Å². The van der Waals surface area contributed by atoms with E-state index in [1.807, 2.05) is 0 Å². The van der Waals surface area contributed by atoms with Crippen molar-refractivity contribution in [3.05, 3.63) is 18.2 Å². The molecule has 0 radical (unpaired) electrons. The highest BCUT2D eigenvalue weighted by atomic mass is 32.2. The molecule has 0 saturated heterocycles. The summed E-state index contributed by atoms with van der Waals surface area (Å²) in [5.74, 6) is 0.558. The van der Waals surface area contributed by atoms with Crippen LogP contribution in [0.1, 0.15) is 26.2 Å². The first-order valence-electron chi connectivity index (χ1n) is 6.53. The molecule has 1 aromatic carbocycles. The van der Waals surface area contributed by atoms with E-state index in [1.165, 1.54) is 26.0 Å². The number of sulfonamides is 1. The van der Waals surface area contributed by atoms with E-state index in [1.54, 1.807) is 12.1 Å². The highest BCUT2D eigenvalue weighted by molar-refractivity contribution is 7.89. The third kappa shape index (κ3) is 3.01.